The molecule has 0 bridgehead atoms. The van der Waals surface area contributed by atoms with Crippen LogP contribution in [0.15, 0.2) is 30.3 Å². The number of carbonyl (C=O) groups is 2. The summed E-state index contributed by atoms with van der Waals surface area (Å²) in [4.78, 5) is 25.5. The van der Waals surface area contributed by atoms with Gasteiger partial charge in [0.25, 0.3) is 0 Å². The van der Waals surface area contributed by atoms with Crippen LogP contribution in [0.4, 0.5) is 0 Å². The Morgan fingerprint density at radius 2 is 1.90 bits per heavy atom. The molecule has 2 aliphatic carbocycles. The van der Waals surface area contributed by atoms with E-state index in [9.17, 15) is 14.7 Å². The molecule has 0 radical (unpaired) electrons. The third-order valence-corrected chi connectivity index (χ3v) is 4.97. The van der Waals surface area contributed by atoms with Crippen molar-refractivity contribution in [3.8, 4) is 0 Å². The Morgan fingerprint density at radius 1 is 1.29 bits per heavy atom. The van der Waals surface area contributed by atoms with Crippen molar-refractivity contribution in [1.29, 1.82) is 0 Å². The van der Waals surface area contributed by atoms with E-state index in [1.807, 2.05) is 30.3 Å². The maximum Gasteiger partial charge on any atom is 0.326 e. The lowest BCUT2D eigenvalue weighted by Gasteiger charge is -2.39. The Kier molecular flexibility index (Phi) is 3.47. The van der Waals surface area contributed by atoms with Gasteiger partial charge in [-0.1, -0.05) is 30.3 Å². The maximum absolute atomic E-state index is 12.7. The predicted molar refractivity (Wildman–Crippen MR) is 78.5 cm³/mol. The zero-order valence-electron chi connectivity index (χ0n) is 12.3. The molecule has 1 N–H and O–H groups in total. The molecule has 4 nitrogen and oxygen atoms in total. The minimum Gasteiger partial charge on any atom is -0.480 e. The highest BCUT2D eigenvalue weighted by Gasteiger charge is 2.55. The van der Waals surface area contributed by atoms with Gasteiger partial charge in [0.1, 0.15) is 6.04 Å². The Balaban J connectivity index is 1.72. The van der Waals surface area contributed by atoms with Gasteiger partial charge in [0, 0.05) is 12.5 Å². The molecule has 0 heterocycles. The van der Waals surface area contributed by atoms with Gasteiger partial charge >= 0.3 is 5.97 Å². The van der Waals surface area contributed by atoms with Crippen molar-refractivity contribution in [1.82, 2.24) is 4.90 Å². The van der Waals surface area contributed by atoms with Crippen LogP contribution < -0.4 is 0 Å². The van der Waals surface area contributed by atoms with Crippen LogP contribution in [0.3, 0.4) is 0 Å². The number of carbonyl (C=O) groups excluding carboxylic acids is 1. The molecule has 0 aromatic heterocycles. The van der Waals surface area contributed by atoms with E-state index in [0.717, 1.165) is 18.4 Å². The summed E-state index contributed by atoms with van der Waals surface area (Å²) in [7, 11) is 0. The maximum atomic E-state index is 12.7. The second kappa shape index (κ2) is 5.17. The van der Waals surface area contributed by atoms with E-state index in [2.05, 4.69) is 0 Å². The summed E-state index contributed by atoms with van der Waals surface area (Å²) in [6.07, 6.45) is 4.38. The lowest BCUT2D eigenvalue weighted by molar-refractivity contribution is -0.154. The molecule has 3 rings (SSSR count). The van der Waals surface area contributed by atoms with Crippen LogP contribution in [0.25, 0.3) is 0 Å². The average Bonchev–Trinajstić information content (AvgIpc) is 3.23. The van der Waals surface area contributed by atoms with E-state index in [0.29, 0.717) is 12.0 Å². The monoisotopic (exact) mass is 287 g/mol. The predicted octanol–water partition coefficient (Wildman–Crippen LogP) is 2.68. The quantitative estimate of drug-likeness (QED) is 0.905. The summed E-state index contributed by atoms with van der Waals surface area (Å²) < 4.78 is 0. The number of amides is 1. The van der Waals surface area contributed by atoms with E-state index in [1.165, 1.54) is 17.7 Å². The molecule has 2 fully saturated rings. The van der Waals surface area contributed by atoms with Gasteiger partial charge in [-0.3, -0.25) is 4.79 Å². The lowest BCUT2D eigenvalue weighted by Crippen LogP contribution is -2.48. The molecule has 1 aromatic carbocycles. The standard InChI is InChI=1S/C17H21NO3/c1-12(16(20)21)18(11-13-5-3-2-4-6-13)15(19)14-9-17(10-14)7-8-17/h2-6,12,14H,7-11H2,1H3,(H,20,21). The lowest BCUT2D eigenvalue weighted by atomic mass is 9.71. The molecule has 2 aliphatic rings. The first-order valence-electron chi connectivity index (χ1n) is 7.58. The normalized spacial score (nSPS) is 20.6. The number of hydrogen-bond donors (Lipinski definition) is 1. The molecule has 1 aromatic rings. The molecule has 112 valence electrons. The van der Waals surface area contributed by atoms with Crippen molar-refractivity contribution < 1.29 is 14.7 Å². The number of aliphatic carboxylic acids is 1. The minimum absolute atomic E-state index is 0.00581. The van der Waals surface area contributed by atoms with E-state index >= 15 is 0 Å². The Morgan fingerprint density at radius 3 is 2.43 bits per heavy atom. The Hall–Kier alpha value is -1.84. The number of rotatable bonds is 5. The topological polar surface area (TPSA) is 57.6 Å². The van der Waals surface area contributed by atoms with Crippen molar-refractivity contribution >= 4 is 11.9 Å². The summed E-state index contributed by atoms with van der Waals surface area (Å²) in [6.45, 7) is 1.96. The fourth-order valence-electron chi connectivity index (χ4n) is 3.30. The first-order chi connectivity index (χ1) is 10.0. The SMILES string of the molecule is CC(C(=O)O)N(Cc1ccccc1)C(=O)C1CC2(CC2)C1. The highest BCUT2D eigenvalue weighted by atomic mass is 16.4. The molecule has 1 spiro atoms. The first kappa shape index (κ1) is 14.1. The summed E-state index contributed by atoms with van der Waals surface area (Å²) in [5, 5.41) is 9.27. The zero-order valence-corrected chi connectivity index (χ0v) is 12.3. The van der Waals surface area contributed by atoms with Gasteiger partial charge in [-0.2, -0.15) is 0 Å². The highest BCUT2D eigenvalue weighted by molar-refractivity contribution is 5.85. The van der Waals surface area contributed by atoms with Gasteiger partial charge in [0.2, 0.25) is 5.91 Å². The van der Waals surface area contributed by atoms with Crippen molar-refractivity contribution in [3.05, 3.63) is 35.9 Å². The van der Waals surface area contributed by atoms with Gasteiger partial charge in [-0.05, 0) is 43.6 Å². The van der Waals surface area contributed by atoms with E-state index < -0.39 is 12.0 Å². The molecule has 1 amide bonds. The molecule has 4 heteroatoms. The molecular weight excluding hydrogens is 266 g/mol. The molecule has 1 unspecified atom stereocenters. The summed E-state index contributed by atoms with van der Waals surface area (Å²) in [5.74, 6) is -0.913. The zero-order chi connectivity index (χ0) is 15.0. The Labute approximate surface area is 124 Å². The van der Waals surface area contributed by atoms with Crippen molar-refractivity contribution in [2.45, 2.75) is 45.2 Å². The summed E-state index contributed by atoms with van der Waals surface area (Å²) in [5.41, 5.74) is 1.42. The van der Waals surface area contributed by atoms with Crippen LogP contribution in [-0.4, -0.2) is 27.9 Å². The van der Waals surface area contributed by atoms with Crippen LogP contribution in [-0.2, 0) is 16.1 Å². The van der Waals surface area contributed by atoms with E-state index in [4.69, 9.17) is 0 Å². The van der Waals surface area contributed by atoms with Crippen LogP contribution in [0.5, 0.6) is 0 Å². The molecule has 2 saturated carbocycles. The molecule has 21 heavy (non-hydrogen) atoms. The Bertz CT molecular complexity index is 542. The van der Waals surface area contributed by atoms with Crippen molar-refractivity contribution in [2.24, 2.45) is 11.3 Å². The highest BCUT2D eigenvalue weighted by Crippen LogP contribution is 2.63. The van der Waals surface area contributed by atoms with Crippen LogP contribution >= 0.6 is 0 Å². The third-order valence-electron chi connectivity index (χ3n) is 4.97. The van der Waals surface area contributed by atoms with E-state index in [1.54, 1.807) is 6.92 Å². The van der Waals surface area contributed by atoms with Gasteiger partial charge in [-0.25, -0.2) is 4.79 Å². The largest absolute Gasteiger partial charge is 0.480 e. The van der Waals surface area contributed by atoms with Crippen molar-refractivity contribution in [2.75, 3.05) is 0 Å². The fourth-order valence-corrected chi connectivity index (χ4v) is 3.30. The third kappa shape index (κ3) is 2.80. The van der Waals surface area contributed by atoms with Crippen LogP contribution in [0, 0.1) is 11.3 Å². The van der Waals surface area contributed by atoms with E-state index in [-0.39, 0.29) is 11.8 Å². The molecule has 1 atom stereocenters. The summed E-state index contributed by atoms with van der Waals surface area (Å²) in [6, 6.07) is 8.81. The van der Waals surface area contributed by atoms with Crippen molar-refractivity contribution in [3.63, 3.8) is 0 Å². The average molecular weight is 287 g/mol. The van der Waals surface area contributed by atoms with Gasteiger partial charge in [0.15, 0.2) is 0 Å². The number of nitrogens with zero attached hydrogens (tertiary/aromatic N) is 1. The number of carboxylic acid groups (broad SMARTS) is 1. The number of benzene rings is 1. The smallest absolute Gasteiger partial charge is 0.326 e. The number of carboxylic acids is 1. The second-order valence-corrected chi connectivity index (χ2v) is 6.57. The summed E-state index contributed by atoms with van der Waals surface area (Å²) >= 11 is 0. The van der Waals surface area contributed by atoms with Crippen LogP contribution in [0.2, 0.25) is 0 Å². The minimum atomic E-state index is -0.945. The second-order valence-electron chi connectivity index (χ2n) is 6.57. The van der Waals surface area contributed by atoms with Gasteiger partial charge in [0.05, 0.1) is 0 Å². The molecule has 0 saturated heterocycles. The molecular formula is C17H21NO3. The van der Waals surface area contributed by atoms with Gasteiger partial charge < -0.3 is 10.0 Å². The molecule has 0 aliphatic heterocycles. The first-order valence-corrected chi connectivity index (χ1v) is 7.58. The van der Waals surface area contributed by atoms with Gasteiger partial charge in [-0.15, -0.1) is 0 Å². The van der Waals surface area contributed by atoms with Crippen LogP contribution in [0.1, 0.15) is 38.2 Å². The number of hydrogen-bond acceptors (Lipinski definition) is 2. The fraction of sp³-hybridized carbons (Fsp3) is 0.529.